The van der Waals surface area contributed by atoms with Gasteiger partial charge in [-0.25, -0.2) is 0 Å². The molecule has 0 saturated carbocycles. The van der Waals surface area contributed by atoms with E-state index in [1.807, 2.05) is 0 Å². The van der Waals surface area contributed by atoms with E-state index in [-0.39, 0.29) is 22.7 Å². The molecule has 5 heteroatoms. The van der Waals surface area contributed by atoms with Crippen LogP contribution in [-0.4, -0.2) is 41.2 Å². The van der Waals surface area contributed by atoms with Gasteiger partial charge in [-0.05, 0) is 0 Å². The van der Waals surface area contributed by atoms with Crippen molar-refractivity contribution in [2.24, 2.45) is 0 Å². The maximum atomic E-state index is 12.9. The second-order valence-corrected chi connectivity index (χ2v) is 14.0. The number of benzene rings is 3. The first-order valence-corrected chi connectivity index (χ1v) is 15.6. The van der Waals surface area contributed by atoms with Crippen LogP contribution in [0.3, 0.4) is 0 Å². The molecule has 0 aromatic heterocycles. The fraction of sp³-hybridized carbons (Fsp3) is 0.273. The van der Waals surface area contributed by atoms with Crippen LogP contribution in [0.2, 0.25) is 0 Å². The van der Waals surface area contributed by atoms with Gasteiger partial charge in [0.2, 0.25) is 0 Å². The Kier molecular flexibility index (Phi) is 9.58. The van der Waals surface area contributed by atoms with Crippen molar-refractivity contribution in [2.75, 3.05) is 19.4 Å². The average Bonchev–Trinajstić information content (AvgIpc) is 2.97. The molecular formula is C33H37O4P. The molecular weight excluding hydrogens is 491 g/mol. The Morgan fingerprint density at radius 3 is 1.42 bits per heavy atom. The summed E-state index contributed by atoms with van der Waals surface area (Å²) in [5.74, 6) is -0.618. The van der Waals surface area contributed by atoms with Crippen LogP contribution in [0.5, 0.6) is 0 Å². The summed E-state index contributed by atoms with van der Waals surface area (Å²) in [4.78, 5) is 25.5. The van der Waals surface area contributed by atoms with Gasteiger partial charge in [-0.2, -0.15) is 0 Å². The van der Waals surface area contributed by atoms with Gasteiger partial charge in [0.1, 0.15) is 0 Å². The number of carbonyl (C=O) groups is 2. The number of rotatable bonds is 12. The monoisotopic (exact) mass is 528 g/mol. The SMILES string of the molecule is CC1=C(CCCCCC[PH](c2ccccc2)(c2ccccc2)c2ccccc2)C(=O)C(CO)=C(CO)C1=O. The third kappa shape index (κ3) is 5.63. The second-order valence-electron chi connectivity index (χ2n) is 9.95. The third-order valence-electron chi connectivity index (χ3n) is 7.82. The van der Waals surface area contributed by atoms with Crippen molar-refractivity contribution in [1.29, 1.82) is 0 Å². The van der Waals surface area contributed by atoms with E-state index >= 15 is 0 Å². The van der Waals surface area contributed by atoms with Crippen molar-refractivity contribution in [1.82, 2.24) is 0 Å². The minimum atomic E-state index is -2.24. The Morgan fingerprint density at radius 1 is 0.553 bits per heavy atom. The zero-order valence-electron chi connectivity index (χ0n) is 22.0. The fourth-order valence-corrected chi connectivity index (χ4v) is 10.7. The maximum absolute atomic E-state index is 12.9. The van der Waals surface area contributed by atoms with E-state index in [1.165, 1.54) is 15.9 Å². The van der Waals surface area contributed by atoms with Crippen LogP contribution in [-0.2, 0) is 9.59 Å². The Bertz CT molecular complexity index is 1210. The van der Waals surface area contributed by atoms with E-state index < -0.39 is 20.5 Å². The molecule has 1 aliphatic carbocycles. The quantitative estimate of drug-likeness (QED) is 0.208. The molecule has 0 fully saturated rings. The molecule has 0 amide bonds. The van der Waals surface area contributed by atoms with E-state index in [4.69, 9.17) is 0 Å². The number of hydrogen-bond donors (Lipinski definition) is 2. The summed E-state index contributed by atoms with van der Waals surface area (Å²) in [6, 6.07) is 32.7. The molecule has 38 heavy (non-hydrogen) atoms. The number of aliphatic hydroxyl groups excluding tert-OH is 2. The number of ketones is 2. The molecule has 0 aliphatic heterocycles. The predicted molar refractivity (Wildman–Crippen MR) is 158 cm³/mol. The topological polar surface area (TPSA) is 74.6 Å². The van der Waals surface area contributed by atoms with Crippen LogP contribution in [0.4, 0.5) is 0 Å². The predicted octanol–water partition coefficient (Wildman–Crippen LogP) is 4.41. The molecule has 0 radical (unpaired) electrons. The van der Waals surface area contributed by atoms with Crippen molar-refractivity contribution in [3.05, 3.63) is 113 Å². The van der Waals surface area contributed by atoms with Crippen molar-refractivity contribution in [2.45, 2.75) is 39.0 Å². The first kappa shape index (κ1) is 27.9. The summed E-state index contributed by atoms with van der Waals surface area (Å²) in [6.07, 6.45) is 5.44. The van der Waals surface area contributed by atoms with E-state index in [0.29, 0.717) is 17.6 Å². The van der Waals surface area contributed by atoms with Crippen LogP contribution in [0, 0.1) is 0 Å². The van der Waals surface area contributed by atoms with Crippen LogP contribution in [0.1, 0.15) is 39.0 Å². The summed E-state index contributed by atoms with van der Waals surface area (Å²) in [5, 5.41) is 23.4. The molecule has 0 unspecified atom stereocenters. The molecule has 198 valence electrons. The molecule has 4 nitrogen and oxygen atoms in total. The Balaban J connectivity index is 1.48. The number of Topliss-reactive ketones (excluding diaryl/α,β-unsaturated/α-hetero) is 2. The standard InChI is InChI=1S/C33H37O4P/c1-25-29(33(37)31(24-35)30(23-34)32(25)36)21-13-2-3-14-22-38(26-15-7-4-8-16-26,27-17-9-5-10-18-27)28-19-11-6-12-20-28/h4-12,15-20,34-35,38H,2-3,13-14,21-24H2,1H3. The first-order valence-electron chi connectivity index (χ1n) is 13.4. The van der Waals surface area contributed by atoms with Crippen molar-refractivity contribution in [3.8, 4) is 0 Å². The van der Waals surface area contributed by atoms with Gasteiger partial charge in [-0.1, -0.05) is 0 Å². The molecule has 1 aliphatic rings. The van der Waals surface area contributed by atoms with Crippen LogP contribution < -0.4 is 15.9 Å². The summed E-state index contributed by atoms with van der Waals surface area (Å²) in [7, 11) is -2.24. The van der Waals surface area contributed by atoms with E-state index in [2.05, 4.69) is 91.0 Å². The van der Waals surface area contributed by atoms with Crippen LogP contribution >= 0.6 is 7.26 Å². The minimum absolute atomic E-state index is 0.0304. The van der Waals surface area contributed by atoms with Gasteiger partial charge in [-0.15, -0.1) is 0 Å². The molecule has 3 aromatic rings. The molecule has 2 N–H and O–H groups in total. The Hall–Kier alpha value is -3.17. The van der Waals surface area contributed by atoms with E-state index in [9.17, 15) is 19.8 Å². The van der Waals surface area contributed by atoms with Gasteiger partial charge >= 0.3 is 226 Å². The summed E-state index contributed by atoms with van der Waals surface area (Å²) < 4.78 is 0. The molecule has 3 aromatic carbocycles. The molecule has 0 heterocycles. The van der Waals surface area contributed by atoms with Crippen LogP contribution in [0.25, 0.3) is 0 Å². The van der Waals surface area contributed by atoms with Crippen molar-refractivity contribution < 1.29 is 19.8 Å². The average molecular weight is 529 g/mol. The van der Waals surface area contributed by atoms with E-state index in [1.54, 1.807) is 6.92 Å². The van der Waals surface area contributed by atoms with Gasteiger partial charge in [0.15, 0.2) is 0 Å². The molecule has 0 spiro atoms. The second kappa shape index (κ2) is 13.1. The molecule has 0 bridgehead atoms. The van der Waals surface area contributed by atoms with Crippen LogP contribution in [0.15, 0.2) is 113 Å². The van der Waals surface area contributed by atoms with Crippen molar-refractivity contribution >= 4 is 34.7 Å². The number of hydrogen-bond acceptors (Lipinski definition) is 4. The summed E-state index contributed by atoms with van der Waals surface area (Å²) in [5.41, 5.74) is 0.961. The number of carbonyl (C=O) groups excluding carboxylic acids is 2. The number of allylic oxidation sites excluding steroid dienone is 2. The first-order chi connectivity index (χ1) is 18.5. The zero-order chi connectivity index (χ0) is 27.0. The Labute approximate surface area is 226 Å². The molecule has 4 rings (SSSR count). The summed E-state index contributed by atoms with van der Waals surface area (Å²) >= 11 is 0. The zero-order valence-corrected chi connectivity index (χ0v) is 23.0. The number of unbranched alkanes of at least 4 members (excludes halogenated alkanes) is 3. The van der Waals surface area contributed by atoms with Gasteiger partial charge < -0.3 is 0 Å². The van der Waals surface area contributed by atoms with E-state index in [0.717, 1.165) is 31.8 Å². The van der Waals surface area contributed by atoms with Gasteiger partial charge in [0.05, 0.1) is 0 Å². The summed E-state index contributed by atoms with van der Waals surface area (Å²) in [6.45, 7) is 0.600. The number of aliphatic hydroxyl groups is 2. The fourth-order valence-electron chi connectivity index (χ4n) is 5.77. The van der Waals surface area contributed by atoms with Gasteiger partial charge in [0, 0.05) is 0 Å². The molecule has 0 atom stereocenters. The van der Waals surface area contributed by atoms with Gasteiger partial charge in [0.25, 0.3) is 0 Å². The molecule has 0 saturated heterocycles. The Morgan fingerprint density at radius 2 is 0.974 bits per heavy atom. The van der Waals surface area contributed by atoms with Crippen molar-refractivity contribution in [3.63, 3.8) is 0 Å². The third-order valence-corrected chi connectivity index (χ3v) is 12.9. The van der Waals surface area contributed by atoms with Gasteiger partial charge in [-0.3, -0.25) is 0 Å². The normalized spacial score (nSPS) is 14.8.